The van der Waals surface area contributed by atoms with E-state index in [1.807, 2.05) is 13.8 Å². The molecule has 1 saturated heterocycles. The lowest BCUT2D eigenvalue weighted by Crippen LogP contribution is -2.42. The molecule has 0 bridgehead atoms. The van der Waals surface area contributed by atoms with Gasteiger partial charge in [0, 0.05) is 30.2 Å². The number of H-pyrrole nitrogens is 1. The quantitative estimate of drug-likeness (QED) is 0.707. The maximum Gasteiger partial charge on any atom is 0.298 e. The van der Waals surface area contributed by atoms with E-state index in [1.54, 1.807) is 11.8 Å². The molecule has 0 atom stereocenters. The van der Waals surface area contributed by atoms with Gasteiger partial charge in [-0.15, -0.1) is 0 Å². The Hall–Kier alpha value is -3.01. The Morgan fingerprint density at radius 1 is 1.36 bits per heavy atom. The number of fused-ring (bicyclic) bond motifs is 1. The van der Waals surface area contributed by atoms with Gasteiger partial charge in [0.25, 0.3) is 5.91 Å². The number of aromatic nitrogens is 1. The Balaban J connectivity index is 1.88. The van der Waals surface area contributed by atoms with Crippen LogP contribution in [0.15, 0.2) is 6.07 Å². The first kappa shape index (κ1) is 19.7. The molecule has 0 radical (unpaired) electrons. The second-order valence-corrected chi connectivity index (χ2v) is 7.25. The molecular formula is C21H25FN4O2. The normalized spacial score (nSPS) is 14.6. The standard InChI is InChI=1S/C21H25FN4O2/c1-4-5-18(28)26-8-6-15(7-9-26)25-21-16(22)10-14(11-17(23)27)20-19(21)12(2)13(3)24-20/h10,15,24-25H,6-9,11H2,1-3H3,(H2,23,27). The van der Waals surface area contributed by atoms with Crippen LogP contribution in [0, 0.1) is 31.5 Å². The molecular weight excluding hydrogens is 359 g/mol. The number of aromatic amines is 1. The number of aryl methyl sites for hydroxylation is 2. The van der Waals surface area contributed by atoms with Gasteiger partial charge >= 0.3 is 0 Å². The van der Waals surface area contributed by atoms with E-state index in [4.69, 9.17) is 5.73 Å². The van der Waals surface area contributed by atoms with Crippen LogP contribution in [-0.2, 0) is 16.0 Å². The minimum absolute atomic E-state index is 0.0218. The molecule has 1 aliphatic rings. The second kappa shape index (κ2) is 7.93. The van der Waals surface area contributed by atoms with Crippen molar-refractivity contribution in [1.29, 1.82) is 0 Å². The van der Waals surface area contributed by atoms with Crippen molar-refractivity contribution in [3.8, 4) is 11.8 Å². The van der Waals surface area contributed by atoms with Gasteiger partial charge in [0.1, 0.15) is 5.82 Å². The number of nitrogens with one attached hydrogen (secondary N) is 2. The molecule has 0 spiro atoms. The number of nitrogens with two attached hydrogens (primary N) is 1. The summed E-state index contributed by atoms with van der Waals surface area (Å²) in [4.78, 5) is 28.3. The van der Waals surface area contributed by atoms with Gasteiger partial charge in [-0.05, 0) is 56.7 Å². The molecule has 0 aliphatic carbocycles. The van der Waals surface area contributed by atoms with E-state index >= 15 is 0 Å². The number of halogens is 1. The van der Waals surface area contributed by atoms with Crippen LogP contribution in [0.2, 0.25) is 0 Å². The van der Waals surface area contributed by atoms with Crippen molar-refractivity contribution >= 4 is 28.4 Å². The third-order valence-corrected chi connectivity index (χ3v) is 5.34. The van der Waals surface area contributed by atoms with Crippen molar-refractivity contribution in [1.82, 2.24) is 9.88 Å². The highest BCUT2D eigenvalue weighted by Gasteiger charge is 2.25. The van der Waals surface area contributed by atoms with E-state index in [-0.39, 0.29) is 18.4 Å². The number of carbonyl (C=O) groups excluding carboxylic acids is 2. The summed E-state index contributed by atoms with van der Waals surface area (Å²) in [6.07, 6.45) is 1.40. The van der Waals surface area contributed by atoms with Crippen LogP contribution in [0.4, 0.5) is 10.1 Å². The highest BCUT2D eigenvalue weighted by Crippen LogP contribution is 2.35. The molecule has 28 heavy (non-hydrogen) atoms. The first-order valence-electron chi connectivity index (χ1n) is 9.38. The van der Waals surface area contributed by atoms with Crippen LogP contribution >= 0.6 is 0 Å². The first-order chi connectivity index (χ1) is 13.3. The number of hydrogen-bond acceptors (Lipinski definition) is 3. The lowest BCUT2D eigenvalue weighted by molar-refractivity contribution is -0.126. The molecule has 2 aromatic rings. The van der Waals surface area contributed by atoms with E-state index in [1.165, 1.54) is 6.07 Å². The third kappa shape index (κ3) is 3.81. The van der Waals surface area contributed by atoms with E-state index < -0.39 is 11.7 Å². The number of benzene rings is 1. The topological polar surface area (TPSA) is 91.2 Å². The summed E-state index contributed by atoms with van der Waals surface area (Å²) >= 11 is 0. The largest absolute Gasteiger partial charge is 0.379 e. The highest BCUT2D eigenvalue weighted by atomic mass is 19.1. The molecule has 1 aromatic carbocycles. The molecule has 0 saturated carbocycles. The van der Waals surface area contributed by atoms with Gasteiger partial charge < -0.3 is 20.9 Å². The zero-order valence-electron chi connectivity index (χ0n) is 16.4. The number of nitrogens with zero attached hydrogens (tertiary/aromatic N) is 1. The van der Waals surface area contributed by atoms with Crippen molar-refractivity contribution in [3.63, 3.8) is 0 Å². The van der Waals surface area contributed by atoms with Gasteiger partial charge in [-0.3, -0.25) is 9.59 Å². The number of likely N-dealkylation sites (tertiary alicyclic amines) is 1. The number of hydrogen-bond donors (Lipinski definition) is 3. The molecule has 1 aliphatic heterocycles. The molecule has 148 valence electrons. The maximum absolute atomic E-state index is 15.0. The van der Waals surface area contributed by atoms with Crippen LogP contribution in [0.3, 0.4) is 0 Å². The molecule has 7 heteroatoms. The van der Waals surface area contributed by atoms with E-state index in [9.17, 15) is 14.0 Å². The predicted molar refractivity (Wildman–Crippen MR) is 107 cm³/mol. The summed E-state index contributed by atoms with van der Waals surface area (Å²) < 4.78 is 15.0. The van der Waals surface area contributed by atoms with Gasteiger partial charge in [-0.2, -0.15) is 0 Å². The molecule has 2 amide bonds. The Morgan fingerprint density at radius 3 is 2.64 bits per heavy atom. The predicted octanol–water partition coefficient (Wildman–Crippen LogP) is 2.38. The van der Waals surface area contributed by atoms with Crippen molar-refractivity contribution in [2.75, 3.05) is 18.4 Å². The van der Waals surface area contributed by atoms with Gasteiger partial charge in [-0.1, -0.05) is 5.92 Å². The van der Waals surface area contributed by atoms with E-state index in [0.717, 1.165) is 22.2 Å². The average Bonchev–Trinajstić information content (AvgIpc) is 2.94. The van der Waals surface area contributed by atoms with E-state index in [2.05, 4.69) is 22.1 Å². The molecule has 4 N–H and O–H groups in total. The van der Waals surface area contributed by atoms with Gasteiger partial charge in [-0.25, -0.2) is 4.39 Å². The number of piperidine rings is 1. The zero-order valence-corrected chi connectivity index (χ0v) is 16.4. The number of primary amides is 1. The van der Waals surface area contributed by atoms with Crippen LogP contribution in [0.5, 0.6) is 0 Å². The zero-order chi connectivity index (χ0) is 20.4. The van der Waals surface area contributed by atoms with Crippen LogP contribution in [0.25, 0.3) is 10.9 Å². The summed E-state index contributed by atoms with van der Waals surface area (Å²) in [6.45, 7) is 6.66. The lowest BCUT2D eigenvalue weighted by Gasteiger charge is -2.32. The second-order valence-electron chi connectivity index (χ2n) is 7.25. The molecule has 2 heterocycles. The molecule has 1 aromatic heterocycles. The summed E-state index contributed by atoms with van der Waals surface area (Å²) in [5.41, 5.74) is 8.92. The van der Waals surface area contributed by atoms with Crippen molar-refractivity contribution in [2.45, 2.75) is 46.1 Å². The maximum atomic E-state index is 15.0. The number of rotatable bonds is 4. The van der Waals surface area contributed by atoms with Gasteiger partial charge in [0.15, 0.2) is 0 Å². The summed E-state index contributed by atoms with van der Waals surface area (Å²) in [7, 11) is 0. The lowest BCUT2D eigenvalue weighted by atomic mass is 10.0. The molecule has 6 nitrogen and oxygen atoms in total. The highest BCUT2D eigenvalue weighted by molar-refractivity contribution is 5.99. The summed E-state index contributed by atoms with van der Waals surface area (Å²) in [6, 6.07) is 1.42. The molecule has 1 fully saturated rings. The minimum atomic E-state index is -0.501. The van der Waals surface area contributed by atoms with Gasteiger partial charge in [0.2, 0.25) is 5.91 Å². The number of anilines is 1. The Bertz CT molecular complexity index is 991. The van der Waals surface area contributed by atoms with Gasteiger partial charge in [0.05, 0.1) is 17.6 Å². The fraction of sp³-hybridized carbons (Fsp3) is 0.429. The summed E-state index contributed by atoms with van der Waals surface area (Å²) in [5, 5.41) is 4.09. The average molecular weight is 384 g/mol. The van der Waals surface area contributed by atoms with Crippen LogP contribution in [-0.4, -0.2) is 40.8 Å². The fourth-order valence-corrected chi connectivity index (χ4v) is 3.77. The van der Waals surface area contributed by atoms with E-state index in [0.29, 0.717) is 37.2 Å². The molecule has 0 unspecified atom stereocenters. The number of amides is 2. The van der Waals surface area contributed by atoms with Crippen LogP contribution < -0.4 is 11.1 Å². The SMILES string of the molecule is CC#CC(=O)N1CCC(Nc2c(F)cc(CC(N)=O)c3[nH]c(C)c(C)c23)CC1. The van der Waals surface area contributed by atoms with Crippen molar-refractivity contribution in [2.24, 2.45) is 5.73 Å². The Morgan fingerprint density at radius 2 is 2.04 bits per heavy atom. The Kier molecular flexibility index (Phi) is 5.59. The van der Waals surface area contributed by atoms with Crippen molar-refractivity contribution < 1.29 is 14.0 Å². The smallest absolute Gasteiger partial charge is 0.298 e. The van der Waals surface area contributed by atoms with Crippen molar-refractivity contribution in [3.05, 3.63) is 28.7 Å². The third-order valence-electron chi connectivity index (χ3n) is 5.34. The molecule has 3 rings (SSSR count). The van der Waals surface area contributed by atoms with Crippen LogP contribution in [0.1, 0.15) is 36.6 Å². The first-order valence-corrected chi connectivity index (χ1v) is 9.38. The minimum Gasteiger partial charge on any atom is -0.379 e. The fourth-order valence-electron chi connectivity index (χ4n) is 3.77. The number of carbonyl (C=O) groups is 2. The summed E-state index contributed by atoms with van der Waals surface area (Å²) in [5.74, 6) is 4.12. The Labute approximate surface area is 163 Å². The monoisotopic (exact) mass is 384 g/mol.